The maximum Gasteiger partial charge on any atom is 0.293 e. The van der Waals surface area contributed by atoms with Crippen LogP contribution in [0.15, 0.2) is 42.5 Å². The minimum absolute atomic E-state index is 0.150. The molecule has 0 saturated heterocycles. The molecule has 0 aromatic heterocycles. The molecule has 34 heavy (non-hydrogen) atoms. The SMILES string of the molecule is CN(CCN(C)C1CCCCC1)C(=O)c1ccccc1C(=O)c1ccc(N(C)C)c([N+](=O)[O-])c1. The molecule has 8 heteroatoms. The summed E-state index contributed by atoms with van der Waals surface area (Å²) in [6.45, 7) is 1.32. The molecule has 0 radical (unpaired) electrons. The molecule has 1 amide bonds. The average molecular weight is 467 g/mol. The summed E-state index contributed by atoms with van der Waals surface area (Å²) in [6, 6.07) is 11.6. The standard InChI is InChI=1S/C26H34N4O4/c1-27(2)23-15-14-19(18-24(23)30(33)34)25(31)21-12-8-9-13-22(21)26(32)29(4)17-16-28(3)20-10-6-5-7-11-20/h8-9,12-15,18,20H,5-7,10-11,16-17H2,1-4H3. The predicted octanol–water partition coefficient (Wildman–Crippen LogP) is 4.23. The molecule has 0 atom stereocenters. The van der Waals surface area contributed by atoms with E-state index in [0.717, 1.165) is 6.54 Å². The summed E-state index contributed by atoms with van der Waals surface area (Å²) >= 11 is 0. The van der Waals surface area contributed by atoms with Crippen molar-refractivity contribution in [3.63, 3.8) is 0 Å². The van der Waals surface area contributed by atoms with E-state index in [9.17, 15) is 19.7 Å². The number of carbonyl (C=O) groups excluding carboxylic acids is 2. The third-order valence-electron chi connectivity index (χ3n) is 6.65. The maximum atomic E-state index is 13.3. The predicted molar refractivity (Wildman–Crippen MR) is 134 cm³/mol. The summed E-state index contributed by atoms with van der Waals surface area (Å²) in [6.07, 6.45) is 6.21. The number of nitro benzene ring substituents is 1. The van der Waals surface area contributed by atoms with Gasteiger partial charge in [0.05, 0.1) is 10.5 Å². The van der Waals surface area contributed by atoms with Gasteiger partial charge in [-0.15, -0.1) is 0 Å². The van der Waals surface area contributed by atoms with E-state index >= 15 is 0 Å². The number of ketones is 1. The Morgan fingerprint density at radius 1 is 0.941 bits per heavy atom. The molecule has 0 unspecified atom stereocenters. The van der Waals surface area contributed by atoms with E-state index in [1.54, 1.807) is 67.3 Å². The zero-order valence-corrected chi connectivity index (χ0v) is 20.5. The van der Waals surface area contributed by atoms with Crippen LogP contribution in [0.3, 0.4) is 0 Å². The van der Waals surface area contributed by atoms with Crippen LogP contribution >= 0.6 is 0 Å². The van der Waals surface area contributed by atoms with Gasteiger partial charge in [-0.2, -0.15) is 0 Å². The quantitative estimate of drug-likeness (QED) is 0.312. The lowest BCUT2D eigenvalue weighted by molar-refractivity contribution is -0.384. The smallest absolute Gasteiger partial charge is 0.293 e. The summed E-state index contributed by atoms with van der Waals surface area (Å²) in [5.74, 6) is -0.648. The molecule has 1 aliphatic rings. The molecule has 8 nitrogen and oxygen atoms in total. The van der Waals surface area contributed by atoms with Gasteiger partial charge in [-0.25, -0.2) is 0 Å². The fraction of sp³-hybridized carbons (Fsp3) is 0.462. The van der Waals surface area contributed by atoms with E-state index in [-0.39, 0.29) is 22.7 Å². The number of carbonyl (C=O) groups is 2. The Bertz CT molecular complexity index is 1050. The highest BCUT2D eigenvalue weighted by Crippen LogP contribution is 2.29. The molecule has 3 rings (SSSR count). The van der Waals surface area contributed by atoms with Crippen molar-refractivity contribution in [2.24, 2.45) is 0 Å². The number of hydrogen-bond acceptors (Lipinski definition) is 6. The van der Waals surface area contributed by atoms with Crippen molar-refractivity contribution >= 4 is 23.1 Å². The first kappa shape index (κ1) is 25.4. The van der Waals surface area contributed by atoms with Gasteiger partial charge >= 0.3 is 0 Å². The normalized spacial score (nSPS) is 14.1. The second-order valence-corrected chi connectivity index (χ2v) is 9.23. The van der Waals surface area contributed by atoms with Crippen LogP contribution in [0.5, 0.6) is 0 Å². The molecule has 1 aliphatic carbocycles. The topological polar surface area (TPSA) is 87.0 Å². The van der Waals surface area contributed by atoms with Crippen molar-refractivity contribution < 1.29 is 14.5 Å². The minimum atomic E-state index is -0.500. The summed E-state index contributed by atoms with van der Waals surface area (Å²) in [4.78, 5) is 43.2. The molecule has 0 aliphatic heterocycles. The second kappa shape index (κ2) is 11.2. The monoisotopic (exact) mass is 466 g/mol. The molecule has 0 heterocycles. The van der Waals surface area contributed by atoms with Crippen LogP contribution < -0.4 is 4.90 Å². The first-order valence-electron chi connectivity index (χ1n) is 11.8. The van der Waals surface area contributed by atoms with Gasteiger partial charge in [-0.3, -0.25) is 19.7 Å². The minimum Gasteiger partial charge on any atom is -0.372 e. The van der Waals surface area contributed by atoms with Crippen molar-refractivity contribution in [2.45, 2.75) is 38.1 Å². The van der Waals surface area contributed by atoms with Crippen LogP contribution in [-0.4, -0.2) is 73.7 Å². The summed E-state index contributed by atoms with van der Waals surface area (Å²) in [5.41, 5.74) is 0.981. The highest BCUT2D eigenvalue weighted by molar-refractivity contribution is 6.15. The van der Waals surface area contributed by atoms with E-state index in [1.165, 1.54) is 38.2 Å². The highest BCUT2D eigenvalue weighted by atomic mass is 16.6. The molecule has 182 valence electrons. The third kappa shape index (κ3) is 5.80. The number of rotatable bonds is 9. The molecule has 0 spiro atoms. The molecule has 1 saturated carbocycles. The molecule has 0 bridgehead atoms. The number of anilines is 1. The number of likely N-dealkylation sites (N-methyl/N-ethyl adjacent to an activating group) is 2. The van der Waals surface area contributed by atoms with E-state index in [0.29, 0.717) is 23.8 Å². The van der Waals surface area contributed by atoms with Crippen LogP contribution in [0.1, 0.15) is 58.4 Å². The van der Waals surface area contributed by atoms with Crippen molar-refractivity contribution in [2.75, 3.05) is 46.2 Å². The third-order valence-corrected chi connectivity index (χ3v) is 6.65. The zero-order chi connectivity index (χ0) is 24.8. The van der Waals surface area contributed by atoms with Crippen molar-refractivity contribution in [3.8, 4) is 0 Å². The number of nitrogens with zero attached hydrogens (tertiary/aromatic N) is 4. The van der Waals surface area contributed by atoms with Crippen LogP contribution in [0, 0.1) is 10.1 Å². The van der Waals surface area contributed by atoms with Gasteiger partial charge in [0.25, 0.3) is 11.6 Å². The van der Waals surface area contributed by atoms with Gasteiger partial charge in [-0.05, 0) is 38.1 Å². The number of hydrogen-bond donors (Lipinski definition) is 0. The molecular formula is C26H34N4O4. The van der Waals surface area contributed by atoms with E-state index in [1.807, 2.05) is 0 Å². The van der Waals surface area contributed by atoms with Crippen molar-refractivity contribution in [1.29, 1.82) is 0 Å². The second-order valence-electron chi connectivity index (χ2n) is 9.23. The van der Waals surface area contributed by atoms with Crippen LogP contribution in [0.4, 0.5) is 11.4 Å². The highest BCUT2D eigenvalue weighted by Gasteiger charge is 2.24. The van der Waals surface area contributed by atoms with Crippen LogP contribution in [0.25, 0.3) is 0 Å². The van der Waals surface area contributed by atoms with E-state index in [4.69, 9.17) is 0 Å². The molecule has 1 fully saturated rings. The Morgan fingerprint density at radius 2 is 1.59 bits per heavy atom. The summed E-state index contributed by atoms with van der Waals surface area (Å²) in [5, 5.41) is 11.5. The number of benzene rings is 2. The first-order valence-corrected chi connectivity index (χ1v) is 11.8. The van der Waals surface area contributed by atoms with Crippen molar-refractivity contribution in [1.82, 2.24) is 9.80 Å². The Morgan fingerprint density at radius 3 is 2.21 bits per heavy atom. The van der Waals surface area contributed by atoms with Gasteiger partial charge in [0.2, 0.25) is 0 Å². The fourth-order valence-corrected chi connectivity index (χ4v) is 4.53. The Kier molecular flexibility index (Phi) is 8.39. The van der Waals surface area contributed by atoms with Gasteiger partial charge in [-0.1, -0.05) is 37.5 Å². The van der Waals surface area contributed by atoms with Crippen molar-refractivity contribution in [3.05, 3.63) is 69.3 Å². The molecule has 2 aromatic carbocycles. The Hall–Kier alpha value is -3.26. The largest absolute Gasteiger partial charge is 0.372 e. The van der Waals surface area contributed by atoms with Gasteiger partial charge < -0.3 is 14.7 Å². The molecule has 0 N–H and O–H groups in total. The van der Waals surface area contributed by atoms with E-state index in [2.05, 4.69) is 11.9 Å². The lowest BCUT2D eigenvalue weighted by Crippen LogP contribution is -2.40. The lowest BCUT2D eigenvalue weighted by Gasteiger charge is -2.32. The number of nitro groups is 1. The van der Waals surface area contributed by atoms with Crippen LogP contribution in [0.2, 0.25) is 0 Å². The van der Waals surface area contributed by atoms with E-state index < -0.39 is 10.7 Å². The summed E-state index contributed by atoms with van der Waals surface area (Å²) < 4.78 is 0. The van der Waals surface area contributed by atoms with Gasteiger partial charge in [0.1, 0.15) is 5.69 Å². The van der Waals surface area contributed by atoms with Gasteiger partial charge in [0.15, 0.2) is 5.78 Å². The van der Waals surface area contributed by atoms with Gasteiger partial charge in [0, 0.05) is 57.5 Å². The average Bonchev–Trinajstić information content (AvgIpc) is 2.86. The maximum absolute atomic E-state index is 13.3. The van der Waals surface area contributed by atoms with Crippen LogP contribution in [-0.2, 0) is 0 Å². The Balaban J connectivity index is 1.78. The first-order chi connectivity index (χ1) is 16.2. The number of amides is 1. The lowest BCUT2D eigenvalue weighted by atomic mass is 9.94. The zero-order valence-electron chi connectivity index (χ0n) is 20.5. The molecule has 2 aromatic rings. The molecular weight excluding hydrogens is 432 g/mol. The fourth-order valence-electron chi connectivity index (χ4n) is 4.53. The Labute approximate surface area is 201 Å². The summed E-state index contributed by atoms with van der Waals surface area (Å²) in [7, 11) is 7.27.